The van der Waals surface area contributed by atoms with Gasteiger partial charge in [0.25, 0.3) is 0 Å². The van der Waals surface area contributed by atoms with Crippen LogP contribution in [0, 0.1) is 52.8 Å². The molecule has 170 valence electrons. The second-order valence-corrected chi connectivity index (χ2v) is 12.5. The average Bonchev–Trinajstić information content (AvgIpc) is 3.24. The van der Waals surface area contributed by atoms with E-state index in [-0.39, 0.29) is 6.10 Å². The molecule has 6 rings (SSSR count). The first-order valence-corrected chi connectivity index (χ1v) is 12.9. The third-order valence-electron chi connectivity index (χ3n) is 11.6. The van der Waals surface area contributed by atoms with Crippen LogP contribution in [-0.2, 0) is 4.74 Å². The van der Waals surface area contributed by atoms with Crippen molar-refractivity contribution in [2.45, 2.75) is 91.3 Å². The van der Waals surface area contributed by atoms with Gasteiger partial charge in [-0.1, -0.05) is 13.8 Å². The Morgan fingerprint density at radius 3 is 2.65 bits per heavy atom. The molecule has 0 aromatic carbocycles. The van der Waals surface area contributed by atoms with E-state index in [2.05, 4.69) is 38.7 Å². The van der Waals surface area contributed by atoms with Crippen LogP contribution in [0.2, 0.25) is 0 Å². The van der Waals surface area contributed by atoms with Crippen molar-refractivity contribution in [1.29, 1.82) is 0 Å². The molecule has 0 radical (unpaired) electrons. The van der Waals surface area contributed by atoms with Gasteiger partial charge in [-0.15, -0.1) is 0 Å². The molecule has 3 heteroatoms. The minimum atomic E-state index is 0.248. The summed E-state index contributed by atoms with van der Waals surface area (Å²) in [5, 5.41) is 0. The van der Waals surface area contributed by atoms with Crippen molar-refractivity contribution < 1.29 is 9.47 Å². The summed E-state index contributed by atoms with van der Waals surface area (Å²) in [5.74, 6) is 5.13. The number of fused-ring (bicyclic) bond motifs is 4. The van der Waals surface area contributed by atoms with Gasteiger partial charge in [-0.2, -0.15) is 0 Å². The highest BCUT2D eigenvalue weighted by atomic mass is 16.5. The Hall–Kier alpha value is -1.09. The summed E-state index contributed by atoms with van der Waals surface area (Å²) in [7, 11) is 2.00. The van der Waals surface area contributed by atoms with E-state index >= 15 is 0 Å². The van der Waals surface area contributed by atoms with E-state index in [0.29, 0.717) is 28.3 Å². The zero-order valence-corrected chi connectivity index (χ0v) is 20.2. The van der Waals surface area contributed by atoms with E-state index in [9.17, 15) is 0 Å². The Labute approximate surface area is 188 Å². The molecule has 5 aliphatic carbocycles. The van der Waals surface area contributed by atoms with Crippen molar-refractivity contribution in [3.05, 3.63) is 24.0 Å². The molecule has 1 heterocycles. The highest BCUT2D eigenvalue weighted by molar-refractivity contribution is 5.26. The summed E-state index contributed by atoms with van der Waals surface area (Å²) in [6.07, 6.45) is 15.7. The first-order chi connectivity index (χ1) is 14.8. The highest BCUT2D eigenvalue weighted by Gasteiger charge is 2.77. The molecule has 10 atom stereocenters. The number of ether oxygens (including phenoxy) is 2. The molecule has 1 spiro atoms. The summed E-state index contributed by atoms with van der Waals surface area (Å²) >= 11 is 0. The van der Waals surface area contributed by atoms with Gasteiger partial charge in [-0.3, -0.25) is 4.98 Å². The lowest BCUT2D eigenvalue weighted by Gasteiger charge is -2.61. The smallest absolute Gasteiger partial charge is 0.138 e. The lowest BCUT2D eigenvalue weighted by Crippen LogP contribution is -2.57. The fourth-order valence-corrected chi connectivity index (χ4v) is 10.3. The van der Waals surface area contributed by atoms with E-state index in [0.717, 1.165) is 29.4 Å². The van der Waals surface area contributed by atoms with Crippen molar-refractivity contribution in [2.24, 2.45) is 45.8 Å². The monoisotopic (exact) mass is 423 g/mol. The number of aromatic nitrogens is 1. The second-order valence-electron chi connectivity index (χ2n) is 12.5. The number of nitrogens with zero attached hydrogens (tertiary/aromatic N) is 1. The lowest BCUT2D eigenvalue weighted by molar-refractivity contribution is -0.162. The van der Waals surface area contributed by atoms with Gasteiger partial charge in [0.05, 0.1) is 18.4 Å². The summed E-state index contributed by atoms with van der Waals surface area (Å²) in [6.45, 7) is 9.69. The third-order valence-corrected chi connectivity index (χ3v) is 11.6. The SMILES string of the molecule is COC1C[C@H]2[C@@H]3CC[C@H]([C@H](C)Oc4cncc(C)c4)[C@@]3(C)CC[C@@H]2[C@@]2(C)CC[C@@H]3C[C@@]132. The minimum Gasteiger partial charge on any atom is -0.489 e. The number of aryl methyl sites for hydroxylation is 1. The van der Waals surface area contributed by atoms with Crippen molar-refractivity contribution in [1.82, 2.24) is 4.98 Å². The summed E-state index contributed by atoms with van der Waals surface area (Å²) in [4.78, 5) is 4.34. The van der Waals surface area contributed by atoms with E-state index < -0.39 is 0 Å². The molecular formula is C28H41NO2. The molecule has 1 unspecified atom stereocenters. The van der Waals surface area contributed by atoms with Gasteiger partial charge in [0.15, 0.2) is 0 Å². The van der Waals surface area contributed by atoms with Crippen molar-refractivity contribution in [3.8, 4) is 5.75 Å². The first kappa shape index (κ1) is 20.5. The Morgan fingerprint density at radius 2 is 1.90 bits per heavy atom. The second kappa shape index (κ2) is 6.72. The lowest BCUT2D eigenvalue weighted by atomic mass is 9.45. The third kappa shape index (κ3) is 2.59. The van der Waals surface area contributed by atoms with Gasteiger partial charge in [0.1, 0.15) is 5.75 Å². The molecule has 0 amide bonds. The molecule has 1 aromatic rings. The fraction of sp³-hybridized carbons (Fsp3) is 0.821. The van der Waals surface area contributed by atoms with Crippen molar-refractivity contribution in [3.63, 3.8) is 0 Å². The molecule has 0 aliphatic heterocycles. The predicted molar refractivity (Wildman–Crippen MR) is 123 cm³/mol. The van der Waals surface area contributed by atoms with Crippen molar-refractivity contribution in [2.75, 3.05) is 7.11 Å². The number of hydrogen-bond donors (Lipinski definition) is 0. The molecule has 0 saturated heterocycles. The largest absolute Gasteiger partial charge is 0.489 e. The maximum atomic E-state index is 6.50. The van der Waals surface area contributed by atoms with Crippen LogP contribution in [0.1, 0.15) is 77.7 Å². The molecule has 0 bridgehead atoms. The molecule has 5 fully saturated rings. The van der Waals surface area contributed by atoms with Gasteiger partial charge in [-0.25, -0.2) is 0 Å². The van der Waals surface area contributed by atoms with Crippen molar-refractivity contribution >= 4 is 0 Å². The Kier molecular flexibility index (Phi) is 4.44. The number of pyridine rings is 1. The summed E-state index contributed by atoms with van der Waals surface area (Å²) < 4.78 is 12.8. The molecule has 1 aromatic heterocycles. The maximum absolute atomic E-state index is 6.50. The van der Waals surface area contributed by atoms with Crippen LogP contribution in [0.15, 0.2) is 18.5 Å². The van der Waals surface area contributed by atoms with Gasteiger partial charge in [-0.05, 0) is 111 Å². The van der Waals surface area contributed by atoms with Crippen LogP contribution in [0.4, 0.5) is 0 Å². The van der Waals surface area contributed by atoms with E-state index in [1.807, 2.05) is 19.5 Å². The Morgan fingerprint density at radius 1 is 1.06 bits per heavy atom. The van der Waals surface area contributed by atoms with E-state index in [1.165, 1.54) is 56.9 Å². The van der Waals surface area contributed by atoms with Crippen LogP contribution < -0.4 is 4.74 Å². The highest BCUT2D eigenvalue weighted by Crippen LogP contribution is 2.82. The van der Waals surface area contributed by atoms with Crippen LogP contribution >= 0.6 is 0 Å². The molecule has 5 saturated carbocycles. The van der Waals surface area contributed by atoms with Gasteiger partial charge in [0.2, 0.25) is 0 Å². The number of methoxy groups -OCH3 is 1. The predicted octanol–water partition coefficient (Wildman–Crippen LogP) is 6.44. The zero-order valence-electron chi connectivity index (χ0n) is 20.2. The maximum Gasteiger partial charge on any atom is 0.138 e. The van der Waals surface area contributed by atoms with E-state index in [1.54, 1.807) is 0 Å². The summed E-state index contributed by atoms with van der Waals surface area (Å²) in [5.41, 5.74) is 2.63. The van der Waals surface area contributed by atoms with Crippen LogP contribution in [-0.4, -0.2) is 24.3 Å². The first-order valence-electron chi connectivity index (χ1n) is 12.9. The minimum absolute atomic E-state index is 0.248. The Bertz CT molecular complexity index is 870. The Balaban J connectivity index is 1.26. The fourth-order valence-electron chi connectivity index (χ4n) is 10.3. The van der Waals surface area contributed by atoms with Crippen LogP contribution in [0.5, 0.6) is 5.75 Å². The molecule has 5 aliphatic rings. The number of rotatable bonds is 4. The molecule has 0 N–H and O–H groups in total. The quantitative estimate of drug-likeness (QED) is 0.558. The summed E-state index contributed by atoms with van der Waals surface area (Å²) in [6, 6.07) is 2.13. The van der Waals surface area contributed by atoms with E-state index in [4.69, 9.17) is 9.47 Å². The van der Waals surface area contributed by atoms with Gasteiger partial charge < -0.3 is 9.47 Å². The van der Waals surface area contributed by atoms with Gasteiger partial charge >= 0.3 is 0 Å². The standard InChI is InChI=1S/C28H41NO2/c1-17-12-20(16-29-15-17)31-18(2)22-6-7-23-21-13-25(30-5)28-14-19(28)8-11-27(28,4)24(21)9-10-26(22,23)3/h12,15-16,18-19,21-25H,6-11,13-14H2,1-5H3/t18-,19+,21-,22+,23-,24-,25?,26+,27+,28-/m0/s1. The van der Waals surface area contributed by atoms with Crippen LogP contribution in [0.3, 0.4) is 0 Å². The van der Waals surface area contributed by atoms with Gasteiger partial charge in [0, 0.05) is 24.6 Å². The molecule has 3 nitrogen and oxygen atoms in total. The topological polar surface area (TPSA) is 31.4 Å². The number of hydrogen-bond acceptors (Lipinski definition) is 3. The molecule has 31 heavy (non-hydrogen) atoms. The van der Waals surface area contributed by atoms with Crippen LogP contribution in [0.25, 0.3) is 0 Å². The molecular weight excluding hydrogens is 382 g/mol. The average molecular weight is 424 g/mol. The zero-order chi connectivity index (χ0) is 21.6. The normalized spacial score (nSPS) is 50.7.